The van der Waals surface area contributed by atoms with E-state index < -0.39 is 5.92 Å². The third-order valence-electron chi connectivity index (χ3n) is 4.10. The van der Waals surface area contributed by atoms with Gasteiger partial charge in [-0.3, -0.25) is 9.59 Å². The fourth-order valence-electron chi connectivity index (χ4n) is 2.77. The van der Waals surface area contributed by atoms with Crippen LogP contribution in [0, 0.1) is 18.7 Å². The van der Waals surface area contributed by atoms with E-state index >= 15 is 0 Å². The van der Waals surface area contributed by atoms with Gasteiger partial charge >= 0.3 is 0 Å². The molecule has 1 saturated heterocycles. The molecule has 3 rings (SSSR count). The topological polar surface area (TPSA) is 49.4 Å². The summed E-state index contributed by atoms with van der Waals surface area (Å²) in [5.74, 6) is -1.24. The van der Waals surface area contributed by atoms with Crippen molar-refractivity contribution in [2.45, 2.75) is 13.3 Å². The maximum Gasteiger partial charge on any atom is 0.229 e. The first-order valence-electron chi connectivity index (χ1n) is 7.57. The number of carbonyl (C=O) groups excluding carboxylic acids is 2. The summed E-state index contributed by atoms with van der Waals surface area (Å²) >= 11 is 6.12. The summed E-state index contributed by atoms with van der Waals surface area (Å²) in [4.78, 5) is 26.2. The number of aryl methyl sites for hydroxylation is 1. The molecule has 2 amide bonds. The monoisotopic (exact) mass is 346 g/mol. The Morgan fingerprint density at radius 2 is 1.96 bits per heavy atom. The molecule has 1 atom stereocenters. The first-order chi connectivity index (χ1) is 11.5. The van der Waals surface area contributed by atoms with Crippen molar-refractivity contribution in [1.82, 2.24) is 0 Å². The molecule has 0 spiro atoms. The van der Waals surface area contributed by atoms with Gasteiger partial charge in [0.2, 0.25) is 11.8 Å². The van der Waals surface area contributed by atoms with E-state index in [4.69, 9.17) is 11.6 Å². The van der Waals surface area contributed by atoms with Crippen LogP contribution in [0.1, 0.15) is 12.0 Å². The lowest BCUT2D eigenvalue weighted by molar-refractivity contribution is -0.122. The maximum absolute atomic E-state index is 13.0. The van der Waals surface area contributed by atoms with Crippen molar-refractivity contribution in [3.05, 3.63) is 58.9 Å². The Kier molecular flexibility index (Phi) is 4.53. The molecular weight excluding hydrogens is 331 g/mol. The lowest BCUT2D eigenvalue weighted by atomic mass is 10.1. The molecule has 24 heavy (non-hydrogen) atoms. The number of benzene rings is 2. The Morgan fingerprint density at radius 1 is 1.25 bits per heavy atom. The Morgan fingerprint density at radius 3 is 2.62 bits per heavy atom. The van der Waals surface area contributed by atoms with Gasteiger partial charge in [0.15, 0.2) is 0 Å². The molecule has 0 unspecified atom stereocenters. The van der Waals surface area contributed by atoms with Crippen molar-refractivity contribution in [3.63, 3.8) is 0 Å². The Balaban J connectivity index is 1.73. The van der Waals surface area contributed by atoms with Gasteiger partial charge in [0.25, 0.3) is 0 Å². The molecule has 0 aliphatic carbocycles. The van der Waals surface area contributed by atoms with E-state index in [0.717, 1.165) is 5.56 Å². The van der Waals surface area contributed by atoms with E-state index in [1.54, 1.807) is 6.07 Å². The van der Waals surface area contributed by atoms with Gasteiger partial charge in [0, 0.05) is 18.7 Å². The van der Waals surface area contributed by atoms with Crippen molar-refractivity contribution in [1.29, 1.82) is 0 Å². The van der Waals surface area contributed by atoms with Crippen molar-refractivity contribution >= 4 is 34.8 Å². The molecule has 0 bridgehead atoms. The van der Waals surface area contributed by atoms with E-state index in [1.165, 1.54) is 29.2 Å². The Bertz CT molecular complexity index is 772. The van der Waals surface area contributed by atoms with Crippen LogP contribution in [0.3, 0.4) is 0 Å². The molecule has 1 heterocycles. The SMILES string of the molecule is Cc1cccc(Cl)c1NC(=O)[C@@H]1CC(=O)N(c2ccc(F)cc2)C1. The predicted octanol–water partition coefficient (Wildman–Crippen LogP) is 3.78. The number of amides is 2. The van der Waals surface area contributed by atoms with Gasteiger partial charge in [0.1, 0.15) is 5.82 Å². The van der Waals surface area contributed by atoms with Crippen LogP contribution in [-0.2, 0) is 9.59 Å². The van der Waals surface area contributed by atoms with E-state index in [-0.39, 0.29) is 30.6 Å². The average molecular weight is 347 g/mol. The Labute approximate surface area is 144 Å². The van der Waals surface area contributed by atoms with E-state index in [9.17, 15) is 14.0 Å². The molecule has 4 nitrogen and oxygen atoms in total. The smallest absolute Gasteiger partial charge is 0.229 e. The van der Waals surface area contributed by atoms with Gasteiger partial charge in [-0.25, -0.2) is 4.39 Å². The molecule has 0 radical (unpaired) electrons. The molecular formula is C18H16ClFN2O2. The van der Waals surface area contributed by atoms with Crippen LogP contribution in [-0.4, -0.2) is 18.4 Å². The third-order valence-corrected chi connectivity index (χ3v) is 4.42. The van der Waals surface area contributed by atoms with E-state index in [2.05, 4.69) is 5.32 Å². The number of rotatable bonds is 3. The van der Waals surface area contributed by atoms with Gasteiger partial charge in [-0.1, -0.05) is 23.7 Å². The third kappa shape index (κ3) is 3.26. The number of halogens is 2. The van der Waals surface area contributed by atoms with Crippen molar-refractivity contribution in [2.75, 3.05) is 16.8 Å². The zero-order valence-electron chi connectivity index (χ0n) is 13.1. The summed E-state index contributed by atoms with van der Waals surface area (Å²) in [6.45, 7) is 2.12. The van der Waals surface area contributed by atoms with E-state index in [1.807, 2.05) is 19.1 Å². The minimum Gasteiger partial charge on any atom is -0.324 e. The van der Waals surface area contributed by atoms with Gasteiger partial charge in [-0.15, -0.1) is 0 Å². The average Bonchev–Trinajstić information content (AvgIpc) is 2.94. The van der Waals surface area contributed by atoms with Gasteiger partial charge in [-0.05, 0) is 42.8 Å². The van der Waals surface area contributed by atoms with Crippen LogP contribution in [0.4, 0.5) is 15.8 Å². The highest BCUT2D eigenvalue weighted by molar-refractivity contribution is 6.34. The molecule has 0 aromatic heterocycles. The van der Waals surface area contributed by atoms with Gasteiger partial charge in [0.05, 0.1) is 16.6 Å². The molecule has 124 valence electrons. The van der Waals surface area contributed by atoms with E-state index in [0.29, 0.717) is 16.4 Å². The van der Waals surface area contributed by atoms with Crippen molar-refractivity contribution in [2.24, 2.45) is 5.92 Å². The molecule has 0 saturated carbocycles. The fraction of sp³-hybridized carbons (Fsp3) is 0.222. The van der Waals surface area contributed by atoms with Gasteiger partial charge in [-0.2, -0.15) is 0 Å². The number of hydrogen-bond acceptors (Lipinski definition) is 2. The quantitative estimate of drug-likeness (QED) is 0.919. The predicted molar refractivity (Wildman–Crippen MR) is 91.7 cm³/mol. The normalized spacial score (nSPS) is 17.2. The molecule has 1 aliphatic heterocycles. The molecule has 2 aromatic rings. The summed E-state index contributed by atoms with van der Waals surface area (Å²) in [6.07, 6.45) is 0.118. The summed E-state index contributed by atoms with van der Waals surface area (Å²) in [6, 6.07) is 11.0. The van der Waals surface area contributed by atoms with Crippen molar-refractivity contribution < 1.29 is 14.0 Å². The highest BCUT2D eigenvalue weighted by atomic mass is 35.5. The molecule has 6 heteroatoms. The molecule has 2 aromatic carbocycles. The first kappa shape index (κ1) is 16.5. The second kappa shape index (κ2) is 6.61. The van der Waals surface area contributed by atoms with Crippen LogP contribution in [0.25, 0.3) is 0 Å². The fourth-order valence-corrected chi connectivity index (χ4v) is 3.04. The van der Waals surface area contributed by atoms with Crippen LogP contribution in [0.15, 0.2) is 42.5 Å². The molecule has 1 N–H and O–H groups in total. The molecule has 1 fully saturated rings. The van der Waals surface area contributed by atoms with Crippen LogP contribution in [0.2, 0.25) is 5.02 Å². The van der Waals surface area contributed by atoms with Crippen molar-refractivity contribution in [3.8, 4) is 0 Å². The number of hydrogen-bond donors (Lipinski definition) is 1. The zero-order chi connectivity index (χ0) is 17.3. The Hall–Kier alpha value is -2.40. The number of para-hydroxylation sites is 1. The summed E-state index contributed by atoms with van der Waals surface area (Å²) in [7, 11) is 0. The number of nitrogens with one attached hydrogen (secondary N) is 1. The van der Waals surface area contributed by atoms with Crippen LogP contribution >= 0.6 is 11.6 Å². The minimum absolute atomic E-state index is 0.118. The minimum atomic E-state index is -0.474. The summed E-state index contributed by atoms with van der Waals surface area (Å²) < 4.78 is 13.0. The lowest BCUT2D eigenvalue weighted by Gasteiger charge is -2.17. The van der Waals surface area contributed by atoms with Gasteiger partial charge < -0.3 is 10.2 Å². The summed E-state index contributed by atoms with van der Waals surface area (Å²) in [5, 5.41) is 3.27. The highest BCUT2D eigenvalue weighted by Crippen LogP contribution is 2.29. The largest absolute Gasteiger partial charge is 0.324 e. The van der Waals surface area contributed by atoms with Crippen LogP contribution < -0.4 is 10.2 Å². The lowest BCUT2D eigenvalue weighted by Crippen LogP contribution is -2.28. The highest BCUT2D eigenvalue weighted by Gasteiger charge is 2.35. The second-order valence-electron chi connectivity index (χ2n) is 5.80. The maximum atomic E-state index is 13.0. The standard InChI is InChI=1S/C18H16ClFN2O2/c1-11-3-2-4-15(19)17(11)21-18(24)12-9-16(23)22(10-12)14-7-5-13(20)6-8-14/h2-8,12H,9-10H2,1H3,(H,21,24)/t12-/m1/s1. The zero-order valence-corrected chi connectivity index (χ0v) is 13.8. The second-order valence-corrected chi connectivity index (χ2v) is 6.21. The number of nitrogens with zero attached hydrogens (tertiary/aromatic N) is 1. The number of anilines is 2. The summed E-state index contributed by atoms with van der Waals surface area (Å²) in [5.41, 5.74) is 2.01. The molecule has 1 aliphatic rings. The number of carbonyl (C=O) groups is 2. The first-order valence-corrected chi connectivity index (χ1v) is 7.95. The van der Waals surface area contributed by atoms with Crippen LogP contribution in [0.5, 0.6) is 0 Å².